The molecule has 182 valence electrons. The molecule has 4 aliphatic rings. The Morgan fingerprint density at radius 1 is 1.09 bits per heavy atom. The number of fused-ring (bicyclic) bond motifs is 1. The zero-order valence-electron chi connectivity index (χ0n) is 19.7. The lowest BCUT2D eigenvalue weighted by Gasteiger charge is -2.58. The Morgan fingerprint density at radius 2 is 1.85 bits per heavy atom. The molecule has 0 radical (unpaired) electrons. The Bertz CT molecular complexity index is 1050. The summed E-state index contributed by atoms with van der Waals surface area (Å²) in [6, 6.07) is 9.93. The summed E-state index contributed by atoms with van der Waals surface area (Å²) >= 11 is 0. The van der Waals surface area contributed by atoms with Crippen molar-refractivity contribution in [2.45, 2.75) is 56.3 Å². The maximum Gasteiger partial charge on any atom is 0.161 e. The molecule has 1 saturated heterocycles. The lowest BCUT2D eigenvalue weighted by molar-refractivity contribution is -0.00523. The van der Waals surface area contributed by atoms with Gasteiger partial charge in [-0.05, 0) is 73.9 Å². The van der Waals surface area contributed by atoms with Crippen LogP contribution in [0.2, 0.25) is 0 Å². The van der Waals surface area contributed by atoms with E-state index < -0.39 is 0 Å². The van der Waals surface area contributed by atoms with Gasteiger partial charge in [-0.25, -0.2) is 4.39 Å². The van der Waals surface area contributed by atoms with Gasteiger partial charge in [-0.1, -0.05) is 30.4 Å². The molecule has 3 aliphatic carbocycles. The number of nitrogens with zero attached hydrogens (tertiary/aromatic N) is 1. The number of aromatic hydroxyl groups is 2. The molecule has 2 aromatic rings. The first-order valence-corrected chi connectivity index (χ1v) is 12.3. The molecule has 6 rings (SSSR count). The highest BCUT2D eigenvalue weighted by Crippen LogP contribution is 2.58. The van der Waals surface area contributed by atoms with E-state index in [1.54, 1.807) is 25.3 Å². The van der Waals surface area contributed by atoms with Crippen molar-refractivity contribution in [1.29, 1.82) is 0 Å². The van der Waals surface area contributed by atoms with Gasteiger partial charge in [0.05, 0.1) is 12.7 Å². The predicted molar refractivity (Wildman–Crippen MR) is 128 cm³/mol. The second kappa shape index (κ2) is 9.33. The van der Waals surface area contributed by atoms with E-state index >= 15 is 0 Å². The molecule has 0 spiro atoms. The van der Waals surface area contributed by atoms with Crippen LogP contribution in [-0.2, 0) is 23.2 Å². The number of rotatable bonds is 4. The van der Waals surface area contributed by atoms with E-state index in [1.807, 2.05) is 6.07 Å². The van der Waals surface area contributed by atoms with Crippen molar-refractivity contribution in [1.82, 2.24) is 4.90 Å². The molecule has 2 bridgehead atoms. The highest BCUT2D eigenvalue weighted by atomic mass is 19.1. The number of hydrogen-bond acceptors (Lipinski definition) is 5. The molecule has 0 amide bonds. The Morgan fingerprint density at radius 3 is 2.53 bits per heavy atom. The number of benzene rings is 2. The van der Waals surface area contributed by atoms with Crippen molar-refractivity contribution >= 4 is 0 Å². The SMILES string of the molecule is COC1C=CC2C3Cc4ccc(O)c(O)c4C2(CCN3CC2CC2)C1.OCc1ccc(F)cc1. The van der Waals surface area contributed by atoms with Crippen molar-refractivity contribution in [3.05, 3.63) is 71.1 Å². The molecule has 4 unspecified atom stereocenters. The smallest absolute Gasteiger partial charge is 0.161 e. The fraction of sp³-hybridized carbons (Fsp3) is 0.500. The van der Waals surface area contributed by atoms with Crippen LogP contribution in [-0.4, -0.2) is 52.6 Å². The number of methoxy groups -OCH3 is 1. The first-order chi connectivity index (χ1) is 16.4. The molecule has 3 N–H and O–H groups in total. The van der Waals surface area contributed by atoms with Gasteiger partial charge in [-0.2, -0.15) is 0 Å². The molecule has 6 heteroatoms. The van der Waals surface area contributed by atoms with Crippen LogP contribution < -0.4 is 0 Å². The topological polar surface area (TPSA) is 73.2 Å². The lowest BCUT2D eigenvalue weighted by Crippen LogP contribution is -2.61. The van der Waals surface area contributed by atoms with Gasteiger partial charge < -0.3 is 20.1 Å². The molecule has 1 aliphatic heterocycles. The zero-order chi connectivity index (χ0) is 23.9. The number of aliphatic hydroxyl groups excluding tert-OH is 1. The van der Waals surface area contributed by atoms with Gasteiger partial charge in [-0.3, -0.25) is 4.90 Å². The molecule has 34 heavy (non-hydrogen) atoms. The summed E-state index contributed by atoms with van der Waals surface area (Å²) in [5.74, 6) is 1.12. The van der Waals surface area contributed by atoms with Crippen LogP contribution in [0.3, 0.4) is 0 Å². The minimum atomic E-state index is -0.271. The van der Waals surface area contributed by atoms with E-state index in [9.17, 15) is 14.6 Å². The van der Waals surface area contributed by atoms with E-state index in [-0.39, 0.29) is 35.4 Å². The highest BCUT2D eigenvalue weighted by Gasteiger charge is 2.56. The van der Waals surface area contributed by atoms with Gasteiger partial charge in [0.15, 0.2) is 11.5 Å². The van der Waals surface area contributed by atoms with Crippen LogP contribution in [0.1, 0.15) is 42.4 Å². The third kappa shape index (κ3) is 4.23. The Balaban J connectivity index is 0.000000227. The van der Waals surface area contributed by atoms with Crippen molar-refractivity contribution in [2.75, 3.05) is 20.2 Å². The van der Waals surface area contributed by atoms with Crippen molar-refractivity contribution in [3.8, 4) is 11.5 Å². The summed E-state index contributed by atoms with van der Waals surface area (Å²) in [4.78, 5) is 2.70. The van der Waals surface area contributed by atoms with E-state index in [4.69, 9.17) is 9.84 Å². The molecular formula is C28H34FNO4. The van der Waals surface area contributed by atoms with Gasteiger partial charge in [0, 0.05) is 36.6 Å². The fourth-order valence-corrected chi connectivity index (χ4v) is 6.33. The highest BCUT2D eigenvalue weighted by molar-refractivity contribution is 5.56. The number of piperidine rings is 1. The van der Waals surface area contributed by atoms with Crippen molar-refractivity contribution in [2.24, 2.45) is 11.8 Å². The van der Waals surface area contributed by atoms with E-state index in [1.165, 1.54) is 37.1 Å². The van der Waals surface area contributed by atoms with E-state index in [0.717, 1.165) is 42.9 Å². The van der Waals surface area contributed by atoms with E-state index in [0.29, 0.717) is 12.0 Å². The summed E-state index contributed by atoms with van der Waals surface area (Å²) in [5.41, 5.74) is 2.82. The van der Waals surface area contributed by atoms with Gasteiger partial charge in [0.2, 0.25) is 0 Å². The molecule has 0 aromatic heterocycles. The average molecular weight is 468 g/mol. The van der Waals surface area contributed by atoms with Crippen LogP contribution in [0.4, 0.5) is 4.39 Å². The summed E-state index contributed by atoms with van der Waals surface area (Å²) in [7, 11) is 1.76. The van der Waals surface area contributed by atoms with E-state index in [2.05, 4.69) is 17.1 Å². The van der Waals surface area contributed by atoms with Crippen molar-refractivity contribution in [3.63, 3.8) is 0 Å². The van der Waals surface area contributed by atoms with Crippen LogP contribution >= 0.6 is 0 Å². The van der Waals surface area contributed by atoms with Gasteiger partial charge in [0.25, 0.3) is 0 Å². The Labute approximate surface area is 200 Å². The summed E-state index contributed by atoms with van der Waals surface area (Å²) in [5, 5.41) is 29.4. The molecule has 2 aromatic carbocycles. The second-order valence-corrected chi connectivity index (χ2v) is 10.3. The molecule has 1 saturated carbocycles. The quantitative estimate of drug-likeness (QED) is 0.462. The maximum atomic E-state index is 12.1. The molecule has 5 nitrogen and oxygen atoms in total. The van der Waals surface area contributed by atoms with Gasteiger partial charge in [0.1, 0.15) is 5.82 Å². The number of ether oxygens (including phenoxy) is 1. The minimum Gasteiger partial charge on any atom is -0.504 e. The summed E-state index contributed by atoms with van der Waals surface area (Å²) in [6.07, 6.45) is 10.3. The molecule has 4 atom stereocenters. The monoisotopic (exact) mass is 467 g/mol. The number of halogens is 1. The number of aliphatic hydroxyl groups is 1. The number of phenols is 2. The summed E-state index contributed by atoms with van der Waals surface area (Å²) < 4.78 is 17.8. The number of likely N-dealkylation sites (tertiary alicyclic amines) is 1. The predicted octanol–water partition coefficient (Wildman–Crippen LogP) is 4.29. The largest absolute Gasteiger partial charge is 0.504 e. The molecular weight excluding hydrogens is 433 g/mol. The van der Waals surface area contributed by atoms with Crippen molar-refractivity contribution < 1.29 is 24.4 Å². The lowest BCUT2D eigenvalue weighted by atomic mass is 9.53. The number of phenolic OH excluding ortho intramolecular Hbond substituents is 2. The minimum absolute atomic E-state index is 0.00857. The third-order valence-corrected chi connectivity index (χ3v) is 8.22. The Hall–Kier alpha value is -2.41. The zero-order valence-corrected chi connectivity index (χ0v) is 19.7. The van der Waals surface area contributed by atoms with Crippen LogP contribution in [0.5, 0.6) is 11.5 Å². The molecule has 1 heterocycles. The number of hydrogen-bond donors (Lipinski definition) is 3. The standard InChI is InChI=1S/C21H27NO3.C7H7FO/c1-25-15-5-6-16-17-10-14-4-7-18(23)20(24)19(14)21(16,11-15)8-9-22(17)12-13-2-3-13;8-7-3-1-6(5-9)2-4-7/h4-7,13,15-17,23-24H,2-3,8-12H2,1H3;1-4,9H,5H2. The average Bonchev–Trinajstić information content (AvgIpc) is 3.67. The molecule has 2 fully saturated rings. The first-order valence-electron chi connectivity index (χ1n) is 12.3. The normalized spacial score (nSPS) is 29.6. The van der Waals surface area contributed by atoms with Crippen LogP contribution in [0.15, 0.2) is 48.6 Å². The third-order valence-electron chi connectivity index (χ3n) is 8.22. The van der Waals surface area contributed by atoms with Gasteiger partial charge >= 0.3 is 0 Å². The van der Waals surface area contributed by atoms with Gasteiger partial charge in [-0.15, -0.1) is 0 Å². The fourth-order valence-electron chi connectivity index (χ4n) is 6.33. The van der Waals surface area contributed by atoms with Crippen LogP contribution in [0, 0.1) is 17.7 Å². The van der Waals surface area contributed by atoms with Crippen LogP contribution in [0.25, 0.3) is 0 Å². The second-order valence-electron chi connectivity index (χ2n) is 10.3. The maximum absolute atomic E-state index is 12.1. The Kier molecular flexibility index (Phi) is 6.40. The summed E-state index contributed by atoms with van der Waals surface area (Å²) in [6.45, 7) is 2.27. The first kappa shape index (κ1) is 23.3.